The van der Waals surface area contributed by atoms with Crippen LogP contribution in [0.5, 0.6) is 0 Å². The number of aromatic nitrogens is 1. The summed E-state index contributed by atoms with van der Waals surface area (Å²) in [4.78, 5) is 30.0. The molecule has 2 aromatic heterocycles. The van der Waals surface area contributed by atoms with Crippen LogP contribution in [0.25, 0.3) is 21.5 Å². The van der Waals surface area contributed by atoms with Gasteiger partial charge in [-0.3, -0.25) is 9.59 Å². The number of halogens is 1. The topological polar surface area (TPSA) is 80.3 Å². The fourth-order valence-electron chi connectivity index (χ4n) is 2.55. The van der Waals surface area contributed by atoms with Crippen LogP contribution in [-0.4, -0.2) is 43.6 Å². The molecule has 0 unspecified atom stereocenters. The zero-order valence-electron chi connectivity index (χ0n) is 14.6. The molecule has 0 atom stereocenters. The summed E-state index contributed by atoms with van der Waals surface area (Å²) in [7, 11) is 1.56. The third-order valence-electron chi connectivity index (χ3n) is 3.82. The van der Waals surface area contributed by atoms with E-state index in [2.05, 4.69) is 15.6 Å². The van der Waals surface area contributed by atoms with Gasteiger partial charge in [0.25, 0.3) is 5.91 Å². The Morgan fingerprint density at radius 2 is 2.00 bits per heavy atom. The van der Waals surface area contributed by atoms with E-state index in [1.54, 1.807) is 19.2 Å². The van der Waals surface area contributed by atoms with Crippen molar-refractivity contribution in [3.8, 4) is 10.6 Å². The standard InChI is InChI=1S/C19H18ClN3O3S/c1-26-9-8-21-18(24)11-22-19(25)13-10-15(16-6-7-17(20)27-16)23-14-5-3-2-4-12(13)14/h2-7,10H,8-9,11H2,1H3,(H,21,24)(H,22,25). The smallest absolute Gasteiger partial charge is 0.252 e. The molecule has 0 spiro atoms. The zero-order valence-corrected chi connectivity index (χ0v) is 16.2. The molecular weight excluding hydrogens is 386 g/mol. The number of para-hydroxylation sites is 1. The lowest BCUT2D eigenvalue weighted by Crippen LogP contribution is -2.38. The van der Waals surface area contributed by atoms with E-state index in [9.17, 15) is 9.59 Å². The quantitative estimate of drug-likeness (QED) is 0.594. The minimum atomic E-state index is -0.334. The fraction of sp³-hybridized carbons (Fsp3) is 0.211. The molecule has 2 N–H and O–H groups in total. The number of hydrogen-bond acceptors (Lipinski definition) is 5. The summed E-state index contributed by atoms with van der Waals surface area (Å²) in [6, 6.07) is 12.8. The highest BCUT2D eigenvalue weighted by Crippen LogP contribution is 2.32. The molecule has 2 heterocycles. The predicted octanol–water partition coefficient (Wildman–Crippen LogP) is 3.11. The predicted molar refractivity (Wildman–Crippen MR) is 107 cm³/mol. The van der Waals surface area contributed by atoms with Crippen molar-refractivity contribution < 1.29 is 14.3 Å². The van der Waals surface area contributed by atoms with Gasteiger partial charge in [0.1, 0.15) is 0 Å². The third-order valence-corrected chi connectivity index (χ3v) is 5.08. The Labute approximate surface area is 165 Å². The lowest BCUT2D eigenvalue weighted by molar-refractivity contribution is -0.120. The Balaban J connectivity index is 1.84. The zero-order chi connectivity index (χ0) is 19.2. The number of carbonyl (C=O) groups excluding carboxylic acids is 2. The Bertz CT molecular complexity index is 974. The van der Waals surface area contributed by atoms with Gasteiger partial charge >= 0.3 is 0 Å². The molecule has 3 rings (SSSR count). The second-order valence-electron chi connectivity index (χ2n) is 5.70. The lowest BCUT2D eigenvalue weighted by Gasteiger charge is -2.10. The average Bonchev–Trinajstić information content (AvgIpc) is 3.12. The molecule has 0 fully saturated rings. The normalized spacial score (nSPS) is 10.7. The number of rotatable bonds is 7. The van der Waals surface area contributed by atoms with Crippen molar-refractivity contribution in [2.75, 3.05) is 26.8 Å². The first-order valence-electron chi connectivity index (χ1n) is 8.28. The maximum Gasteiger partial charge on any atom is 0.252 e. The van der Waals surface area contributed by atoms with E-state index in [1.807, 2.05) is 30.3 Å². The number of hydrogen-bond donors (Lipinski definition) is 2. The number of carbonyl (C=O) groups is 2. The van der Waals surface area contributed by atoms with Gasteiger partial charge in [-0.15, -0.1) is 11.3 Å². The van der Waals surface area contributed by atoms with Crippen molar-refractivity contribution in [3.63, 3.8) is 0 Å². The van der Waals surface area contributed by atoms with Gasteiger partial charge < -0.3 is 15.4 Å². The number of amides is 2. The lowest BCUT2D eigenvalue weighted by atomic mass is 10.1. The van der Waals surface area contributed by atoms with E-state index in [0.717, 1.165) is 10.3 Å². The molecule has 0 saturated heterocycles. The summed E-state index contributed by atoms with van der Waals surface area (Å²) in [6.45, 7) is 0.702. The maximum absolute atomic E-state index is 12.7. The van der Waals surface area contributed by atoms with Crippen LogP contribution in [0.3, 0.4) is 0 Å². The molecule has 0 bridgehead atoms. The second kappa shape index (κ2) is 8.94. The minimum Gasteiger partial charge on any atom is -0.383 e. The number of nitrogens with one attached hydrogen (secondary N) is 2. The first-order valence-corrected chi connectivity index (χ1v) is 9.47. The second-order valence-corrected chi connectivity index (χ2v) is 7.42. The van der Waals surface area contributed by atoms with Crippen molar-refractivity contribution in [3.05, 3.63) is 52.4 Å². The van der Waals surface area contributed by atoms with Crippen LogP contribution in [0.15, 0.2) is 42.5 Å². The van der Waals surface area contributed by atoms with E-state index in [1.165, 1.54) is 11.3 Å². The van der Waals surface area contributed by atoms with Crippen molar-refractivity contribution in [1.82, 2.24) is 15.6 Å². The Hall–Kier alpha value is -2.48. The van der Waals surface area contributed by atoms with Crippen molar-refractivity contribution in [1.29, 1.82) is 0 Å². The van der Waals surface area contributed by atoms with Crippen LogP contribution in [0.1, 0.15) is 10.4 Å². The van der Waals surface area contributed by atoms with Gasteiger partial charge in [-0.2, -0.15) is 0 Å². The fourth-order valence-corrected chi connectivity index (χ4v) is 3.56. The van der Waals surface area contributed by atoms with Crippen LogP contribution >= 0.6 is 22.9 Å². The molecular formula is C19H18ClN3O3S. The summed E-state index contributed by atoms with van der Waals surface area (Å²) < 4.78 is 5.53. The van der Waals surface area contributed by atoms with E-state index in [4.69, 9.17) is 16.3 Å². The summed E-state index contributed by atoms with van der Waals surface area (Å²) >= 11 is 7.42. The average molecular weight is 404 g/mol. The van der Waals surface area contributed by atoms with E-state index < -0.39 is 0 Å². The molecule has 0 aliphatic carbocycles. The maximum atomic E-state index is 12.7. The molecule has 0 aliphatic heterocycles. The van der Waals surface area contributed by atoms with Crippen molar-refractivity contribution in [2.24, 2.45) is 0 Å². The van der Waals surface area contributed by atoms with E-state index in [-0.39, 0.29) is 18.4 Å². The molecule has 6 nitrogen and oxygen atoms in total. The number of benzene rings is 1. The highest BCUT2D eigenvalue weighted by Gasteiger charge is 2.15. The Morgan fingerprint density at radius 3 is 2.74 bits per heavy atom. The largest absolute Gasteiger partial charge is 0.383 e. The number of ether oxygens (including phenoxy) is 1. The van der Waals surface area contributed by atoms with Crippen LogP contribution in [0, 0.1) is 0 Å². The van der Waals surface area contributed by atoms with Gasteiger partial charge in [-0.05, 0) is 24.3 Å². The number of nitrogens with zero attached hydrogens (tertiary/aromatic N) is 1. The summed E-state index contributed by atoms with van der Waals surface area (Å²) in [5.41, 5.74) is 1.83. The summed E-state index contributed by atoms with van der Waals surface area (Å²) in [6.07, 6.45) is 0. The van der Waals surface area contributed by atoms with E-state index in [0.29, 0.717) is 34.3 Å². The molecule has 0 aliphatic rings. The molecule has 8 heteroatoms. The SMILES string of the molecule is COCCNC(=O)CNC(=O)c1cc(-c2ccc(Cl)s2)nc2ccccc12. The van der Waals surface area contributed by atoms with Gasteiger partial charge in [-0.1, -0.05) is 29.8 Å². The van der Waals surface area contributed by atoms with Gasteiger partial charge in [0.2, 0.25) is 5.91 Å². The number of pyridine rings is 1. The molecule has 0 saturated carbocycles. The molecule has 1 aromatic carbocycles. The summed E-state index contributed by atoms with van der Waals surface area (Å²) in [5, 5.41) is 6.05. The van der Waals surface area contributed by atoms with Crippen LogP contribution in [-0.2, 0) is 9.53 Å². The van der Waals surface area contributed by atoms with Crippen LogP contribution in [0.4, 0.5) is 0 Å². The number of methoxy groups -OCH3 is 1. The van der Waals surface area contributed by atoms with Crippen molar-refractivity contribution in [2.45, 2.75) is 0 Å². The van der Waals surface area contributed by atoms with E-state index >= 15 is 0 Å². The highest BCUT2D eigenvalue weighted by molar-refractivity contribution is 7.19. The van der Waals surface area contributed by atoms with Gasteiger partial charge in [-0.25, -0.2) is 4.98 Å². The van der Waals surface area contributed by atoms with Gasteiger partial charge in [0.15, 0.2) is 0 Å². The minimum absolute atomic E-state index is 0.112. The van der Waals surface area contributed by atoms with Gasteiger partial charge in [0, 0.05) is 19.0 Å². The summed E-state index contributed by atoms with van der Waals surface area (Å²) in [5.74, 6) is -0.608. The Morgan fingerprint density at radius 1 is 1.19 bits per heavy atom. The number of thiophene rings is 1. The monoisotopic (exact) mass is 403 g/mol. The first kappa shape index (κ1) is 19.3. The molecule has 27 heavy (non-hydrogen) atoms. The van der Waals surface area contributed by atoms with Gasteiger partial charge in [0.05, 0.1) is 39.1 Å². The highest BCUT2D eigenvalue weighted by atomic mass is 35.5. The van der Waals surface area contributed by atoms with Crippen LogP contribution in [0.2, 0.25) is 4.34 Å². The molecule has 2 amide bonds. The van der Waals surface area contributed by atoms with Crippen LogP contribution < -0.4 is 10.6 Å². The van der Waals surface area contributed by atoms with Crippen molar-refractivity contribution >= 4 is 45.7 Å². The number of fused-ring (bicyclic) bond motifs is 1. The third kappa shape index (κ3) is 4.82. The Kier molecular flexibility index (Phi) is 6.39. The first-order chi connectivity index (χ1) is 13.1. The molecule has 3 aromatic rings. The molecule has 140 valence electrons. The molecule has 0 radical (unpaired) electrons.